The molecule has 1 aliphatic heterocycles. The van der Waals surface area contributed by atoms with Gasteiger partial charge in [-0.15, -0.1) is 0 Å². The predicted octanol–water partition coefficient (Wildman–Crippen LogP) is 3.92. The number of rotatable bonds is 3. The molecular formula is C24H27N7O. The van der Waals surface area contributed by atoms with Crippen LogP contribution < -0.4 is 5.32 Å². The van der Waals surface area contributed by atoms with Gasteiger partial charge in [0.1, 0.15) is 17.1 Å². The van der Waals surface area contributed by atoms with Crippen LogP contribution in [0.3, 0.4) is 0 Å². The predicted molar refractivity (Wildman–Crippen MR) is 124 cm³/mol. The lowest BCUT2D eigenvalue weighted by Gasteiger charge is -2.41. The van der Waals surface area contributed by atoms with E-state index in [0.29, 0.717) is 22.9 Å². The molecule has 0 aliphatic carbocycles. The summed E-state index contributed by atoms with van der Waals surface area (Å²) >= 11 is 0. The molecule has 2 N–H and O–H groups in total. The van der Waals surface area contributed by atoms with Crippen molar-refractivity contribution < 1.29 is 5.11 Å². The third kappa shape index (κ3) is 3.78. The first-order valence-corrected chi connectivity index (χ1v) is 10.7. The molecule has 0 bridgehead atoms. The Bertz CT molecular complexity index is 1360. The maximum atomic E-state index is 10.6. The Kier molecular flexibility index (Phi) is 4.46. The molecular weight excluding hydrogens is 402 g/mol. The summed E-state index contributed by atoms with van der Waals surface area (Å²) < 4.78 is 3.53. The van der Waals surface area contributed by atoms with E-state index in [1.165, 1.54) is 5.57 Å². The molecule has 4 aromatic rings. The number of imidazole rings is 1. The molecule has 0 saturated heterocycles. The third-order valence-electron chi connectivity index (χ3n) is 5.56. The first-order chi connectivity index (χ1) is 15.1. The average molecular weight is 430 g/mol. The number of hydrogen-bond donors (Lipinski definition) is 2. The fourth-order valence-corrected chi connectivity index (χ4v) is 4.56. The highest BCUT2D eigenvalue weighted by molar-refractivity contribution is 5.69. The zero-order valence-electron chi connectivity index (χ0n) is 19.0. The van der Waals surface area contributed by atoms with Crippen LogP contribution in [0.25, 0.3) is 28.4 Å². The van der Waals surface area contributed by atoms with Crippen LogP contribution in [0, 0.1) is 6.92 Å². The average Bonchev–Trinajstić information content (AvgIpc) is 3.30. The summed E-state index contributed by atoms with van der Waals surface area (Å²) in [7, 11) is 0. The zero-order valence-corrected chi connectivity index (χ0v) is 19.0. The van der Waals surface area contributed by atoms with E-state index in [4.69, 9.17) is 4.98 Å². The van der Waals surface area contributed by atoms with E-state index in [1.54, 1.807) is 23.1 Å². The van der Waals surface area contributed by atoms with Crippen molar-refractivity contribution >= 4 is 11.4 Å². The van der Waals surface area contributed by atoms with E-state index in [1.807, 2.05) is 36.0 Å². The van der Waals surface area contributed by atoms with Crippen LogP contribution in [0.15, 0.2) is 49.2 Å². The third-order valence-corrected chi connectivity index (χ3v) is 5.56. The van der Waals surface area contributed by atoms with Crippen molar-refractivity contribution in [2.75, 3.05) is 0 Å². The normalized spacial score (nSPS) is 17.5. The van der Waals surface area contributed by atoms with Crippen LogP contribution in [0.1, 0.15) is 45.4 Å². The Morgan fingerprint density at radius 1 is 1.06 bits per heavy atom. The van der Waals surface area contributed by atoms with Crippen molar-refractivity contribution in [3.8, 4) is 22.8 Å². The molecule has 0 amide bonds. The molecule has 8 heteroatoms. The number of nitrogens with zero attached hydrogens (tertiary/aromatic N) is 6. The molecule has 0 spiro atoms. The van der Waals surface area contributed by atoms with Gasteiger partial charge < -0.3 is 10.4 Å². The summed E-state index contributed by atoms with van der Waals surface area (Å²) in [6.07, 6.45) is 12.2. The van der Waals surface area contributed by atoms with Gasteiger partial charge in [0.05, 0.1) is 23.8 Å². The summed E-state index contributed by atoms with van der Waals surface area (Å²) in [6.45, 7) is 10.7. The van der Waals surface area contributed by atoms with Crippen molar-refractivity contribution in [1.29, 1.82) is 0 Å². The highest BCUT2D eigenvalue weighted by atomic mass is 16.3. The van der Waals surface area contributed by atoms with Gasteiger partial charge in [-0.3, -0.25) is 4.40 Å². The van der Waals surface area contributed by atoms with Crippen LogP contribution in [0.5, 0.6) is 5.75 Å². The Hall–Kier alpha value is -3.52. The highest BCUT2D eigenvalue weighted by Gasteiger charge is 2.33. The summed E-state index contributed by atoms with van der Waals surface area (Å²) in [5, 5.41) is 18.5. The lowest BCUT2D eigenvalue weighted by Crippen LogP contribution is -2.53. The second-order valence-electron chi connectivity index (χ2n) is 9.75. The first kappa shape index (κ1) is 20.4. The van der Waals surface area contributed by atoms with Gasteiger partial charge in [-0.1, -0.05) is 6.08 Å². The lowest BCUT2D eigenvalue weighted by molar-refractivity contribution is 0.297. The van der Waals surface area contributed by atoms with Gasteiger partial charge in [-0.25, -0.2) is 19.6 Å². The SMILES string of the molecule is Cc1cnn(-c2cnc(-c3cn4ccc(C5=CC(C)(C)NC(C)(C)C5)nc4n3)c(O)c2)c1. The van der Waals surface area contributed by atoms with Crippen LogP contribution in [-0.4, -0.2) is 45.3 Å². The van der Waals surface area contributed by atoms with Crippen LogP contribution >= 0.6 is 0 Å². The van der Waals surface area contributed by atoms with Crippen LogP contribution in [0.4, 0.5) is 0 Å². The van der Waals surface area contributed by atoms with Crippen LogP contribution in [-0.2, 0) is 0 Å². The molecule has 0 saturated carbocycles. The van der Waals surface area contributed by atoms with E-state index >= 15 is 0 Å². The standard InChI is InChI=1S/C24H27N7O/c1-15-11-26-31(13-15)17-8-20(32)21(25-12-17)19-14-30-7-6-18(27-22(30)28-19)16-9-23(2,3)29-24(4,5)10-16/h6-9,11-14,29,32H,10H2,1-5H3. The Balaban J connectivity index is 1.50. The number of fused-ring (bicyclic) bond motifs is 1. The molecule has 0 radical (unpaired) electrons. The smallest absolute Gasteiger partial charge is 0.234 e. The minimum atomic E-state index is -0.115. The Morgan fingerprint density at radius 2 is 1.84 bits per heavy atom. The maximum Gasteiger partial charge on any atom is 0.234 e. The second kappa shape index (κ2) is 7.00. The molecule has 0 fully saturated rings. The first-order valence-electron chi connectivity index (χ1n) is 10.7. The largest absolute Gasteiger partial charge is 0.506 e. The molecule has 0 unspecified atom stereocenters. The topological polar surface area (TPSA) is 93.2 Å². The van der Waals surface area contributed by atoms with Gasteiger partial charge in [0.2, 0.25) is 5.78 Å². The maximum absolute atomic E-state index is 10.6. The van der Waals surface area contributed by atoms with E-state index in [0.717, 1.165) is 17.7 Å². The second-order valence-corrected chi connectivity index (χ2v) is 9.75. The monoisotopic (exact) mass is 429 g/mol. The van der Waals surface area contributed by atoms with Gasteiger partial charge in [0.15, 0.2) is 0 Å². The van der Waals surface area contributed by atoms with Crippen molar-refractivity contribution in [2.24, 2.45) is 0 Å². The molecule has 4 aromatic heterocycles. The molecule has 5 rings (SSSR count). The fourth-order valence-electron chi connectivity index (χ4n) is 4.56. The van der Waals surface area contributed by atoms with Crippen molar-refractivity contribution in [1.82, 2.24) is 34.4 Å². The van der Waals surface area contributed by atoms with Gasteiger partial charge in [-0.2, -0.15) is 5.10 Å². The quantitative estimate of drug-likeness (QED) is 0.513. The van der Waals surface area contributed by atoms with Gasteiger partial charge >= 0.3 is 0 Å². The van der Waals surface area contributed by atoms with Crippen molar-refractivity contribution in [2.45, 2.75) is 52.1 Å². The summed E-state index contributed by atoms with van der Waals surface area (Å²) in [6, 6.07) is 3.65. The Labute approximate surface area is 186 Å². The molecule has 32 heavy (non-hydrogen) atoms. The van der Waals surface area contributed by atoms with E-state index in [-0.39, 0.29) is 16.8 Å². The summed E-state index contributed by atoms with van der Waals surface area (Å²) in [4.78, 5) is 13.9. The summed E-state index contributed by atoms with van der Waals surface area (Å²) in [5.74, 6) is 0.615. The van der Waals surface area contributed by atoms with Gasteiger partial charge in [0.25, 0.3) is 0 Å². The van der Waals surface area contributed by atoms with E-state index < -0.39 is 0 Å². The molecule has 0 atom stereocenters. The number of hydrogen-bond acceptors (Lipinski definition) is 6. The van der Waals surface area contributed by atoms with Gasteiger partial charge in [-0.05, 0) is 58.2 Å². The molecule has 164 valence electrons. The van der Waals surface area contributed by atoms with Crippen LogP contribution in [0.2, 0.25) is 0 Å². The zero-order chi connectivity index (χ0) is 22.7. The number of nitrogens with one attached hydrogen (secondary N) is 1. The fraction of sp³-hybridized carbons (Fsp3) is 0.333. The lowest BCUT2D eigenvalue weighted by atomic mass is 9.82. The summed E-state index contributed by atoms with van der Waals surface area (Å²) in [5.41, 5.74) is 4.67. The minimum Gasteiger partial charge on any atom is -0.506 e. The number of aryl methyl sites for hydroxylation is 1. The molecule has 8 nitrogen and oxygen atoms in total. The van der Waals surface area contributed by atoms with Gasteiger partial charge in [0, 0.05) is 35.7 Å². The molecule has 1 aliphatic rings. The Morgan fingerprint density at radius 3 is 2.53 bits per heavy atom. The number of aromatic nitrogens is 6. The van der Waals surface area contributed by atoms with Crippen molar-refractivity contribution in [3.05, 3.63) is 60.5 Å². The van der Waals surface area contributed by atoms with E-state index in [2.05, 4.69) is 54.2 Å². The molecule has 0 aromatic carbocycles. The number of pyridine rings is 1. The minimum absolute atomic E-state index is 0.0213. The van der Waals surface area contributed by atoms with E-state index in [9.17, 15) is 5.11 Å². The van der Waals surface area contributed by atoms with Crippen molar-refractivity contribution in [3.63, 3.8) is 0 Å². The number of aromatic hydroxyl groups is 1. The highest BCUT2D eigenvalue weighted by Crippen LogP contribution is 2.33. The molecule has 5 heterocycles.